The zero-order valence-corrected chi connectivity index (χ0v) is 14.5. The molecule has 3 aliphatic rings. The van der Waals surface area contributed by atoms with E-state index in [4.69, 9.17) is 0 Å². The lowest BCUT2D eigenvalue weighted by atomic mass is 9.69. The summed E-state index contributed by atoms with van der Waals surface area (Å²) in [7, 11) is 0. The first-order chi connectivity index (χ1) is 10.1. The molecule has 0 amide bonds. The molecule has 2 unspecified atom stereocenters. The Kier molecular flexibility index (Phi) is 4.95. The average molecular weight is 293 g/mol. The number of nitrogens with zero attached hydrogens (tertiary/aromatic N) is 1. The first-order valence-corrected chi connectivity index (χ1v) is 9.55. The second-order valence-electron chi connectivity index (χ2n) is 8.82. The van der Waals surface area contributed by atoms with Crippen LogP contribution in [0.25, 0.3) is 0 Å². The lowest BCUT2D eigenvalue weighted by molar-refractivity contribution is 0.00990. The second kappa shape index (κ2) is 6.58. The Balaban J connectivity index is 1.63. The van der Waals surface area contributed by atoms with Crippen LogP contribution in [0.2, 0.25) is 0 Å². The Hall–Kier alpha value is -0.0800. The van der Waals surface area contributed by atoms with Gasteiger partial charge in [-0.2, -0.15) is 0 Å². The van der Waals surface area contributed by atoms with Crippen molar-refractivity contribution in [2.75, 3.05) is 19.6 Å². The quantitative estimate of drug-likeness (QED) is 0.841. The number of nitrogens with one attached hydrogen (secondary N) is 1. The van der Waals surface area contributed by atoms with Gasteiger partial charge in [0, 0.05) is 31.7 Å². The van der Waals surface area contributed by atoms with Crippen LogP contribution in [0.15, 0.2) is 0 Å². The van der Waals surface area contributed by atoms with E-state index in [1.54, 1.807) is 0 Å². The van der Waals surface area contributed by atoms with Gasteiger partial charge in [0.25, 0.3) is 0 Å². The Morgan fingerprint density at radius 3 is 2.38 bits per heavy atom. The Morgan fingerprint density at radius 2 is 1.81 bits per heavy atom. The molecule has 0 aromatic carbocycles. The first-order valence-electron chi connectivity index (χ1n) is 9.55. The molecule has 1 heterocycles. The van der Waals surface area contributed by atoms with E-state index in [1.165, 1.54) is 71.0 Å². The highest BCUT2D eigenvalue weighted by molar-refractivity contribution is 4.95. The van der Waals surface area contributed by atoms with Gasteiger partial charge < -0.3 is 5.32 Å². The van der Waals surface area contributed by atoms with Gasteiger partial charge in [0.1, 0.15) is 0 Å². The van der Waals surface area contributed by atoms with Crippen LogP contribution in [0.4, 0.5) is 0 Å². The van der Waals surface area contributed by atoms with Gasteiger partial charge in [0.05, 0.1) is 0 Å². The summed E-state index contributed by atoms with van der Waals surface area (Å²) in [4.78, 5) is 2.87. The van der Waals surface area contributed by atoms with E-state index in [2.05, 4.69) is 31.0 Å². The number of rotatable bonds is 4. The Labute approximate surface area is 132 Å². The van der Waals surface area contributed by atoms with Gasteiger partial charge in [0.2, 0.25) is 0 Å². The summed E-state index contributed by atoms with van der Waals surface area (Å²) >= 11 is 0. The maximum absolute atomic E-state index is 3.93. The van der Waals surface area contributed by atoms with Crippen molar-refractivity contribution in [3.63, 3.8) is 0 Å². The van der Waals surface area contributed by atoms with Crippen molar-refractivity contribution in [3.05, 3.63) is 0 Å². The standard InChI is InChI=1S/C19H36N2/c1-15(2)18-12-20-17(16-8-5-4-6-9-16)13-21(18)14-19(3)10-7-11-19/h15-18,20H,4-14H2,1-3H3. The number of hydrogen-bond donors (Lipinski definition) is 1. The summed E-state index contributed by atoms with van der Waals surface area (Å²) < 4.78 is 0. The van der Waals surface area contributed by atoms with Crippen LogP contribution in [-0.2, 0) is 0 Å². The molecule has 0 radical (unpaired) electrons. The van der Waals surface area contributed by atoms with E-state index in [1.807, 2.05) is 0 Å². The van der Waals surface area contributed by atoms with Gasteiger partial charge in [-0.3, -0.25) is 4.90 Å². The Morgan fingerprint density at radius 1 is 1.10 bits per heavy atom. The van der Waals surface area contributed by atoms with Crippen molar-refractivity contribution >= 4 is 0 Å². The molecular weight excluding hydrogens is 256 g/mol. The summed E-state index contributed by atoms with van der Waals surface area (Å²) in [6.07, 6.45) is 11.7. The van der Waals surface area contributed by atoms with Crippen LogP contribution in [0.5, 0.6) is 0 Å². The molecule has 3 rings (SSSR count). The lowest BCUT2D eigenvalue weighted by Gasteiger charge is -2.50. The molecule has 2 nitrogen and oxygen atoms in total. The summed E-state index contributed by atoms with van der Waals surface area (Å²) in [6, 6.07) is 1.52. The zero-order chi connectivity index (χ0) is 14.9. The molecule has 0 aromatic heterocycles. The number of hydrogen-bond acceptors (Lipinski definition) is 2. The lowest BCUT2D eigenvalue weighted by Crippen LogP contribution is -2.62. The minimum Gasteiger partial charge on any atom is -0.311 e. The molecule has 0 aromatic rings. The minimum absolute atomic E-state index is 0.627. The predicted molar refractivity (Wildman–Crippen MR) is 90.5 cm³/mol. The maximum atomic E-state index is 3.93. The highest BCUT2D eigenvalue weighted by Gasteiger charge is 2.39. The largest absolute Gasteiger partial charge is 0.311 e. The summed E-state index contributed by atoms with van der Waals surface area (Å²) in [5.74, 6) is 1.72. The van der Waals surface area contributed by atoms with Crippen LogP contribution >= 0.6 is 0 Å². The van der Waals surface area contributed by atoms with Crippen molar-refractivity contribution in [2.45, 2.75) is 84.2 Å². The van der Waals surface area contributed by atoms with Gasteiger partial charge >= 0.3 is 0 Å². The molecule has 3 fully saturated rings. The van der Waals surface area contributed by atoms with E-state index >= 15 is 0 Å². The van der Waals surface area contributed by atoms with Crippen LogP contribution in [0, 0.1) is 17.3 Å². The Bertz CT molecular complexity index is 328. The van der Waals surface area contributed by atoms with Gasteiger partial charge in [-0.25, -0.2) is 0 Å². The molecule has 122 valence electrons. The van der Waals surface area contributed by atoms with E-state index in [0.29, 0.717) is 5.41 Å². The number of piperazine rings is 1. The van der Waals surface area contributed by atoms with E-state index in [0.717, 1.165) is 23.9 Å². The molecule has 21 heavy (non-hydrogen) atoms. The molecule has 2 aliphatic carbocycles. The monoisotopic (exact) mass is 292 g/mol. The molecule has 1 aliphatic heterocycles. The van der Waals surface area contributed by atoms with Crippen molar-refractivity contribution in [1.82, 2.24) is 10.2 Å². The minimum atomic E-state index is 0.627. The molecule has 1 saturated heterocycles. The van der Waals surface area contributed by atoms with Gasteiger partial charge in [-0.15, -0.1) is 0 Å². The van der Waals surface area contributed by atoms with Crippen molar-refractivity contribution in [3.8, 4) is 0 Å². The predicted octanol–water partition coefficient (Wildman–Crippen LogP) is 4.06. The average Bonchev–Trinajstić information content (AvgIpc) is 2.46. The zero-order valence-electron chi connectivity index (χ0n) is 14.5. The third kappa shape index (κ3) is 3.64. The van der Waals surface area contributed by atoms with E-state index < -0.39 is 0 Å². The van der Waals surface area contributed by atoms with Crippen LogP contribution in [-0.4, -0.2) is 36.6 Å². The highest BCUT2D eigenvalue weighted by Crippen LogP contribution is 2.42. The first kappa shape index (κ1) is 15.8. The third-order valence-corrected chi connectivity index (χ3v) is 6.62. The second-order valence-corrected chi connectivity index (χ2v) is 8.82. The van der Waals surface area contributed by atoms with E-state index in [9.17, 15) is 0 Å². The van der Waals surface area contributed by atoms with Gasteiger partial charge in [-0.05, 0) is 42.9 Å². The van der Waals surface area contributed by atoms with Crippen LogP contribution < -0.4 is 5.32 Å². The highest BCUT2D eigenvalue weighted by atomic mass is 15.2. The molecule has 0 bridgehead atoms. The van der Waals surface area contributed by atoms with Crippen molar-refractivity contribution in [1.29, 1.82) is 0 Å². The molecule has 2 saturated carbocycles. The van der Waals surface area contributed by atoms with Gasteiger partial charge in [-0.1, -0.05) is 46.5 Å². The summed E-state index contributed by atoms with van der Waals surface area (Å²) in [5, 5.41) is 3.93. The smallest absolute Gasteiger partial charge is 0.0244 e. The SMILES string of the molecule is CC(C)C1CNC(C2CCCCC2)CN1CC1(C)CCC1. The fraction of sp³-hybridized carbons (Fsp3) is 1.00. The molecule has 2 heteroatoms. The van der Waals surface area contributed by atoms with E-state index in [-0.39, 0.29) is 0 Å². The van der Waals surface area contributed by atoms with Crippen LogP contribution in [0.1, 0.15) is 72.1 Å². The molecule has 0 spiro atoms. The maximum Gasteiger partial charge on any atom is 0.0244 e. The summed E-state index contributed by atoms with van der Waals surface area (Å²) in [5.41, 5.74) is 0.627. The normalized spacial score (nSPS) is 34.9. The van der Waals surface area contributed by atoms with Gasteiger partial charge in [0.15, 0.2) is 0 Å². The fourth-order valence-electron chi connectivity index (χ4n) is 4.97. The third-order valence-electron chi connectivity index (χ3n) is 6.62. The topological polar surface area (TPSA) is 15.3 Å². The fourth-order valence-corrected chi connectivity index (χ4v) is 4.97. The van der Waals surface area contributed by atoms with Crippen LogP contribution in [0.3, 0.4) is 0 Å². The molecule has 2 atom stereocenters. The molecule has 1 N–H and O–H groups in total. The van der Waals surface area contributed by atoms with Crippen molar-refractivity contribution in [2.24, 2.45) is 17.3 Å². The van der Waals surface area contributed by atoms with Crippen molar-refractivity contribution < 1.29 is 0 Å². The summed E-state index contributed by atoms with van der Waals surface area (Å²) in [6.45, 7) is 11.2. The molecular formula is C19H36N2.